The highest BCUT2D eigenvalue weighted by Crippen LogP contribution is 2.53. The zero-order valence-electron chi connectivity index (χ0n) is 18.7. The van der Waals surface area contributed by atoms with Crippen molar-refractivity contribution in [3.8, 4) is 0 Å². The molecule has 1 fully saturated rings. The maximum Gasteiger partial charge on any atom is 0.254 e. The van der Waals surface area contributed by atoms with E-state index in [1.165, 1.54) is 11.6 Å². The molecule has 2 aromatic carbocycles. The van der Waals surface area contributed by atoms with Gasteiger partial charge in [-0.2, -0.15) is 0 Å². The van der Waals surface area contributed by atoms with Gasteiger partial charge in [0, 0.05) is 30.5 Å². The van der Waals surface area contributed by atoms with E-state index in [0.717, 1.165) is 6.42 Å². The van der Waals surface area contributed by atoms with Gasteiger partial charge in [-0.1, -0.05) is 49.4 Å². The Labute approximate surface area is 184 Å². The Morgan fingerprint density at radius 2 is 1.84 bits per heavy atom. The third kappa shape index (κ3) is 5.13. The minimum Gasteiger partial charge on any atom is -0.354 e. The minimum absolute atomic E-state index is 0.0368. The van der Waals surface area contributed by atoms with E-state index in [2.05, 4.69) is 29.7 Å². The Bertz CT molecular complexity index is 932. The first kappa shape index (κ1) is 22.9. The third-order valence-corrected chi connectivity index (χ3v) is 6.35. The first-order valence-electron chi connectivity index (χ1n) is 10.8. The molecule has 5 nitrogen and oxygen atoms in total. The van der Waals surface area contributed by atoms with E-state index >= 15 is 0 Å². The van der Waals surface area contributed by atoms with Crippen molar-refractivity contribution in [1.82, 2.24) is 15.5 Å². The summed E-state index contributed by atoms with van der Waals surface area (Å²) in [6, 6.07) is 14.9. The lowest BCUT2D eigenvalue weighted by Crippen LogP contribution is -2.42. The standard InChI is InChI=1S/C25H32FN3O2/c1-5-27-23(30)20-13-9-10-17(22(20)26)14-19(29(3)4)16-28-24(31)21-15-25(21,2)18-11-7-6-8-12-18/h6-13,19,21H,5,14-16H2,1-4H3,(H,27,30)(H,28,31)/t19-,21-,25-/m0/s1. The van der Waals surface area contributed by atoms with Gasteiger partial charge < -0.3 is 15.5 Å². The molecule has 0 saturated heterocycles. The molecule has 166 valence electrons. The summed E-state index contributed by atoms with van der Waals surface area (Å²) in [5.41, 5.74) is 1.59. The fraction of sp³-hybridized carbons (Fsp3) is 0.440. The number of nitrogens with one attached hydrogen (secondary N) is 2. The van der Waals surface area contributed by atoms with Crippen molar-refractivity contribution < 1.29 is 14.0 Å². The third-order valence-electron chi connectivity index (χ3n) is 6.35. The number of carbonyl (C=O) groups excluding carboxylic acids is 2. The van der Waals surface area contributed by atoms with Crippen LogP contribution in [-0.2, 0) is 16.6 Å². The number of nitrogens with zero attached hydrogens (tertiary/aromatic N) is 1. The van der Waals surface area contributed by atoms with Crippen LogP contribution in [0.2, 0.25) is 0 Å². The van der Waals surface area contributed by atoms with E-state index in [0.29, 0.717) is 25.1 Å². The van der Waals surface area contributed by atoms with Crippen molar-refractivity contribution in [3.05, 3.63) is 71.0 Å². The molecule has 2 aromatic rings. The van der Waals surface area contributed by atoms with E-state index in [1.807, 2.05) is 37.2 Å². The first-order valence-corrected chi connectivity index (χ1v) is 10.8. The topological polar surface area (TPSA) is 61.4 Å². The maximum atomic E-state index is 14.9. The predicted molar refractivity (Wildman–Crippen MR) is 120 cm³/mol. The van der Waals surface area contributed by atoms with Gasteiger partial charge in [-0.3, -0.25) is 9.59 Å². The van der Waals surface area contributed by atoms with Gasteiger partial charge in [0.1, 0.15) is 5.82 Å². The molecule has 3 atom stereocenters. The Morgan fingerprint density at radius 1 is 1.13 bits per heavy atom. The van der Waals surface area contributed by atoms with Gasteiger partial charge in [0.05, 0.1) is 5.56 Å². The second-order valence-electron chi connectivity index (χ2n) is 8.75. The zero-order chi connectivity index (χ0) is 22.6. The molecule has 2 amide bonds. The van der Waals surface area contributed by atoms with Crippen LogP contribution in [0.15, 0.2) is 48.5 Å². The quantitative estimate of drug-likeness (QED) is 0.649. The number of benzene rings is 2. The van der Waals surface area contributed by atoms with E-state index in [1.54, 1.807) is 19.1 Å². The molecule has 0 aliphatic heterocycles. The summed E-state index contributed by atoms with van der Waals surface area (Å²) in [7, 11) is 3.82. The number of hydrogen-bond donors (Lipinski definition) is 2. The van der Waals surface area contributed by atoms with Gasteiger partial charge in [0.2, 0.25) is 5.91 Å². The Hall–Kier alpha value is -2.73. The van der Waals surface area contributed by atoms with Crippen molar-refractivity contribution >= 4 is 11.8 Å². The molecule has 0 spiro atoms. The SMILES string of the molecule is CCNC(=O)c1cccc(C[C@@H](CNC(=O)[C@@H]2C[C@@]2(C)c2ccccc2)N(C)C)c1F. The summed E-state index contributed by atoms with van der Waals surface area (Å²) < 4.78 is 14.9. The molecular weight excluding hydrogens is 393 g/mol. The van der Waals surface area contributed by atoms with Gasteiger partial charge in [-0.05, 0) is 51.1 Å². The van der Waals surface area contributed by atoms with Crippen LogP contribution in [0.1, 0.15) is 41.8 Å². The van der Waals surface area contributed by atoms with Crippen molar-refractivity contribution in [2.24, 2.45) is 5.92 Å². The number of likely N-dealkylation sites (N-methyl/N-ethyl adjacent to an activating group) is 1. The summed E-state index contributed by atoms with van der Waals surface area (Å²) in [6.45, 7) is 4.78. The van der Waals surface area contributed by atoms with Crippen LogP contribution in [0.5, 0.6) is 0 Å². The average molecular weight is 426 g/mol. The van der Waals surface area contributed by atoms with Crippen molar-refractivity contribution in [3.63, 3.8) is 0 Å². The van der Waals surface area contributed by atoms with Gasteiger partial charge in [-0.15, -0.1) is 0 Å². The molecule has 0 radical (unpaired) electrons. The molecule has 0 bridgehead atoms. The summed E-state index contributed by atoms with van der Waals surface area (Å²) in [6.07, 6.45) is 1.23. The van der Waals surface area contributed by atoms with E-state index in [4.69, 9.17) is 0 Å². The molecule has 1 aliphatic rings. The fourth-order valence-corrected chi connectivity index (χ4v) is 4.09. The van der Waals surface area contributed by atoms with Crippen LogP contribution in [-0.4, -0.2) is 49.9 Å². The number of carbonyl (C=O) groups is 2. The predicted octanol–water partition coefficient (Wildman–Crippen LogP) is 3.14. The molecule has 1 saturated carbocycles. The summed E-state index contributed by atoms with van der Waals surface area (Å²) >= 11 is 0. The number of hydrogen-bond acceptors (Lipinski definition) is 3. The lowest BCUT2D eigenvalue weighted by molar-refractivity contribution is -0.122. The molecule has 2 N–H and O–H groups in total. The molecule has 31 heavy (non-hydrogen) atoms. The van der Waals surface area contributed by atoms with Crippen LogP contribution < -0.4 is 10.6 Å². The monoisotopic (exact) mass is 425 g/mol. The summed E-state index contributed by atoms with van der Waals surface area (Å²) in [5, 5.41) is 5.71. The Balaban J connectivity index is 1.63. The number of rotatable bonds is 9. The molecule has 0 aromatic heterocycles. The first-order chi connectivity index (χ1) is 14.8. The van der Waals surface area contributed by atoms with E-state index < -0.39 is 11.7 Å². The van der Waals surface area contributed by atoms with Gasteiger partial charge in [-0.25, -0.2) is 4.39 Å². The summed E-state index contributed by atoms with van der Waals surface area (Å²) in [4.78, 5) is 26.9. The molecule has 3 rings (SSSR count). The zero-order valence-corrected chi connectivity index (χ0v) is 18.7. The average Bonchev–Trinajstić information content (AvgIpc) is 3.45. The van der Waals surface area contributed by atoms with Crippen molar-refractivity contribution in [2.45, 2.75) is 38.1 Å². The highest BCUT2D eigenvalue weighted by molar-refractivity contribution is 5.94. The molecule has 6 heteroatoms. The highest BCUT2D eigenvalue weighted by Gasteiger charge is 2.55. The lowest BCUT2D eigenvalue weighted by atomic mass is 9.95. The largest absolute Gasteiger partial charge is 0.354 e. The van der Waals surface area contributed by atoms with E-state index in [9.17, 15) is 14.0 Å². The molecule has 1 aliphatic carbocycles. The smallest absolute Gasteiger partial charge is 0.254 e. The van der Waals surface area contributed by atoms with Crippen molar-refractivity contribution in [1.29, 1.82) is 0 Å². The van der Waals surface area contributed by atoms with E-state index in [-0.39, 0.29) is 28.8 Å². The minimum atomic E-state index is -0.495. The maximum absolute atomic E-state index is 14.9. The molecule has 0 unspecified atom stereocenters. The molecular formula is C25H32FN3O2. The van der Waals surface area contributed by atoms with Gasteiger partial charge in [0.15, 0.2) is 0 Å². The van der Waals surface area contributed by atoms with Crippen LogP contribution >= 0.6 is 0 Å². The van der Waals surface area contributed by atoms with Crippen LogP contribution in [0.3, 0.4) is 0 Å². The fourth-order valence-electron chi connectivity index (χ4n) is 4.09. The van der Waals surface area contributed by atoms with Gasteiger partial charge >= 0.3 is 0 Å². The molecule has 0 heterocycles. The van der Waals surface area contributed by atoms with Gasteiger partial charge in [0.25, 0.3) is 5.91 Å². The Kier molecular flexibility index (Phi) is 7.11. The number of amides is 2. The summed E-state index contributed by atoms with van der Waals surface area (Å²) in [5.74, 6) is -0.916. The van der Waals surface area contributed by atoms with Crippen molar-refractivity contribution in [2.75, 3.05) is 27.2 Å². The van der Waals surface area contributed by atoms with Crippen LogP contribution in [0, 0.1) is 11.7 Å². The lowest BCUT2D eigenvalue weighted by Gasteiger charge is -2.25. The van der Waals surface area contributed by atoms with Crippen LogP contribution in [0.4, 0.5) is 4.39 Å². The number of halogens is 1. The van der Waals surface area contributed by atoms with Crippen LogP contribution in [0.25, 0.3) is 0 Å². The second kappa shape index (κ2) is 9.60. The normalized spacial score (nSPS) is 20.9. The second-order valence-corrected chi connectivity index (χ2v) is 8.75. The Morgan fingerprint density at radius 3 is 2.48 bits per heavy atom. The highest BCUT2D eigenvalue weighted by atomic mass is 19.1.